The molecule has 5 nitrogen and oxygen atoms in total. The maximum atomic E-state index is 11.9. The van der Waals surface area contributed by atoms with Gasteiger partial charge in [-0.1, -0.05) is 15.9 Å². The molecule has 2 heterocycles. The van der Waals surface area contributed by atoms with E-state index in [1.807, 2.05) is 31.7 Å². The maximum Gasteiger partial charge on any atom is 0.410 e. The molecule has 0 aromatic heterocycles. The average Bonchev–Trinajstić information content (AvgIpc) is 3.05. The smallest absolute Gasteiger partial charge is 0.410 e. The molecule has 0 aliphatic carbocycles. The number of likely N-dealkylation sites (tertiary alicyclic amines) is 1. The number of piperidine rings is 1. The summed E-state index contributed by atoms with van der Waals surface area (Å²) in [5.41, 5.74) is 1.34. The molecule has 0 bridgehead atoms. The van der Waals surface area contributed by atoms with Gasteiger partial charge in [-0.2, -0.15) is 0 Å². The number of hydrogen-bond donors (Lipinski definition) is 0. The molecule has 2 fully saturated rings. The van der Waals surface area contributed by atoms with Gasteiger partial charge in [-0.05, 0) is 89.2 Å². The SMILES string of the molecule is CCOc1ccc(Br)c(CC2CCN(CCC3CN(C(C)C)C(=O)O3)CC2)c1. The molecule has 1 aromatic rings. The normalized spacial score (nSPS) is 21.4. The Balaban J connectivity index is 1.42. The summed E-state index contributed by atoms with van der Waals surface area (Å²) in [4.78, 5) is 16.2. The van der Waals surface area contributed by atoms with E-state index in [-0.39, 0.29) is 18.2 Å². The monoisotopic (exact) mass is 452 g/mol. The highest BCUT2D eigenvalue weighted by Gasteiger charge is 2.33. The molecule has 28 heavy (non-hydrogen) atoms. The van der Waals surface area contributed by atoms with Gasteiger partial charge in [0.05, 0.1) is 13.2 Å². The summed E-state index contributed by atoms with van der Waals surface area (Å²) in [7, 11) is 0. The third-order valence-electron chi connectivity index (χ3n) is 5.84. The number of nitrogens with zero attached hydrogens (tertiary/aromatic N) is 2. The van der Waals surface area contributed by atoms with E-state index < -0.39 is 0 Å². The lowest BCUT2D eigenvalue weighted by Gasteiger charge is -2.32. The predicted molar refractivity (Wildman–Crippen MR) is 115 cm³/mol. The van der Waals surface area contributed by atoms with Crippen molar-refractivity contribution in [3.05, 3.63) is 28.2 Å². The number of ether oxygens (including phenoxy) is 2. The van der Waals surface area contributed by atoms with E-state index in [1.165, 1.54) is 22.9 Å². The summed E-state index contributed by atoms with van der Waals surface area (Å²) < 4.78 is 12.3. The van der Waals surface area contributed by atoms with Crippen molar-refractivity contribution < 1.29 is 14.3 Å². The Morgan fingerprint density at radius 1 is 1.29 bits per heavy atom. The first-order valence-electron chi connectivity index (χ1n) is 10.6. The van der Waals surface area contributed by atoms with Crippen LogP contribution in [-0.2, 0) is 11.2 Å². The topological polar surface area (TPSA) is 42.0 Å². The van der Waals surface area contributed by atoms with Gasteiger partial charge in [-0.25, -0.2) is 4.79 Å². The van der Waals surface area contributed by atoms with Crippen LogP contribution in [0.15, 0.2) is 22.7 Å². The van der Waals surface area contributed by atoms with E-state index >= 15 is 0 Å². The minimum absolute atomic E-state index is 0.0462. The summed E-state index contributed by atoms with van der Waals surface area (Å²) in [6.45, 7) is 10.8. The van der Waals surface area contributed by atoms with Crippen LogP contribution in [0.4, 0.5) is 4.79 Å². The fourth-order valence-corrected chi connectivity index (χ4v) is 4.54. The van der Waals surface area contributed by atoms with Crippen molar-refractivity contribution in [1.29, 1.82) is 0 Å². The van der Waals surface area contributed by atoms with E-state index in [2.05, 4.69) is 33.0 Å². The van der Waals surface area contributed by atoms with E-state index in [0.717, 1.165) is 44.8 Å². The molecule has 0 spiro atoms. The van der Waals surface area contributed by atoms with Crippen LogP contribution in [-0.4, -0.2) is 60.8 Å². The van der Waals surface area contributed by atoms with E-state index in [1.54, 1.807) is 0 Å². The zero-order chi connectivity index (χ0) is 20.1. The lowest BCUT2D eigenvalue weighted by molar-refractivity contribution is 0.112. The minimum atomic E-state index is -0.154. The van der Waals surface area contributed by atoms with E-state index in [0.29, 0.717) is 12.5 Å². The van der Waals surface area contributed by atoms with Crippen molar-refractivity contribution in [2.24, 2.45) is 5.92 Å². The lowest BCUT2D eigenvalue weighted by Crippen LogP contribution is -2.37. The minimum Gasteiger partial charge on any atom is -0.494 e. The largest absolute Gasteiger partial charge is 0.494 e. The summed E-state index contributed by atoms with van der Waals surface area (Å²) >= 11 is 3.69. The highest BCUT2D eigenvalue weighted by atomic mass is 79.9. The molecule has 3 rings (SSSR count). The summed E-state index contributed by atoms with van der Waals surface area (Å²) in [5.74, 6) is 1.67. The van der Waals surface area contributed by atoms with Crippen LogP contribution in [0, 0.1) is 5.92 Å². The number of carbonyl (C=O) groups excluding carboxylic acids is 1. The van der Waals surface area contributed by atoms with Crippen molar-refractivity contribution in [3.8, 4) is 5.75 Å². The zero-order valence-electron chi connectivity index (χ0n) is 17.3. The number of carbonyl (C=O) groups is 1. The van der Waals surface area contributed by atoms with Gasteiger partial charge in [-0.3, -0.25) is 0 Å². The van der Waals surface area contributed by atoms with Gasteiger partial charge >= 0.3 is 6.09 Å². The molecule has 0 N–H and O–H groups in total. The molecular formula is C22H33BrN2O3. The molecule has 0 saturated carbocycles. The standard InChI is InChI=1S/C22H33BrN2O3/c1-4-27-19-5-6-21(23)18(14-19)13-17-7-10-24(11-8-17)12-9-20-15-25(16(2)3)22(26)28-20/h5-6,14,16-17,20H,4,7-13,15H2,1-3H3. The van der Waals surface area contributed by atoms with Gasteiger partial charge in [0.2, 0.25) is 0 Å². The molecule has 1 amide bonds. The van der Waals surface area contributed by atoms with Crippen LogP contribution in [0.1, 0.15) is 45.6 Å². The predicted octanol–water partition coefficient (Wildman–Crippen LogP) is 4.72. The fraction of sp³-hybridized carbons (Fsp3) is 0.682. The van der Waals surface area contributed by atoms with Crippen LogP contribution < -0.4 is 4.74 Å². The lowest BCUT2D eigenvalue weighted by atomic mass is 9.90. The molecule has 6 heteroatoms. The molecule has 2 aliphatic heterocycles. The quantitative estimate of drug-likeness (QED) is 0.571. The van der Waals surface area contributed by atoms with Crippen molar-refractivity contribution in [1.82, 2.24) is 9.80 Å². The Kier molecular flexibility index (Phi) is 7.63. The average molecular weight is 453 g/mol. The number of hydrogen-bond acceptors (Lipinski definition) is 4. The summed E-state index contributed by atoms with van der Waals surface area (Å²) in [5, 5.41) is 0. The van der Waals surface area contributed by atoms with E-state index in [9.17, 15) is 4.79 Å². The first-order chi connectivity index (χ1) is 13.5. The number of halogens is 1. The van der Waals surface area contributed by atoms with Crippen LogP contribution in [0.5, 0.6) is 5.75 Å². The third-order valence-corrected chi connectivity index (χ3v) is 6.61. The number of cyclic esters (lactones) is 1. The summed E-state index contributed by atoms with van der Waals surface area (Å²) in [6, 6.07) is 6.51. The Labute approximate surface area is 177 Å². The molecule has 2 aliphatic rings. The Hall–Kier alpha value is -1.27. The molecule has 1 unspecified atom stereocenters. The molecule has 156 valence electrons. The number of rotatable bonds is 8. The second-order valence-corrected chi connectivity index (χ2v) is 9.07. The van der Waals surface area contributed by atoms with Crippen LogP contribution >= 0.6 is 15.9 Å². The van der Waals surface area contributed by atoms with Crippen molar-refractivity contribution in [2.75, 3.05) is 32.8 Å². The first kappa shape index (κ1) is 21.4. The molecule has 2 saturated heterocycles. The third kappa shape index (κ3) is 5.63. The number of amides is 1. The first-order valence-corrected chi connectivity index (χ1v) is 11.4. The fourth-order valence-electron chi connectivity index (χ4n) is 4.13. The van der Waals surface area contributed by atoms with Gasteiger partial charge < -0.3 is 19.3 Å². The second-order valence-electron chi connectivity index (χ2n) is 8.22. The van der Waals surface area contributed by atoms with Crippen LogP contribution in [0.2, 0.25) is 0 Å². The van der Waals surface area contributed by atoms with Gasteiger partial charge in [0, 0.05) is 17.1 Å². The van der Waals surface area contributed by atoms with Gasteiger partial charge in [0.25, 0.3) is 0 Å². The molecular weight excluding hydrogens is 420 g/mol. The van der Waals surface area contributed by atoms with Crippen molar-refractivity contribution >= 4 is 22.0 Å². The summed E-state index contributed by atoms with van der Waals surface area (Å²) in [6.07, 6.45) is 4.35. The van der Waals surface area contributed by atoms with Crippen molar-refractivity contribution in [2.45, 2.75) is 58.6 Å². The second kappa shape index (κ2) is 9.97. The molecule has 1 atom stereocenters. The highest BCUT2D eigenvalue weighted by Crippen LogP contribution is 2.29. The van der Waals surface area contributed by atoms with Gasteiger partial charge in [0.15, 0.2) is 0 Å². The molecule has 1 aromatic carbocycles. The van der Waals surface area contributed by atoms with Crippen molar-refractivity contribution in [3.63, 3.8) is 0 Å². The highest BCUT2D eigenvalue weighted by molar-refractivity contribution is 9.10. The maximum absolute atomic E-state index is 11.9. The van der Waals surface area contributed by atoms with E-state index in [4.69, 9.17) is 9.47 Å². The Morgan fingerprint density at radius 3 is 2.68 bits per heavy atom. The molecule has 0 radical (unpaired) electrons. The Bertz CT molecular complexity index is 659. The van der Waals surface area contributed by atoms with Crippen LogP contribution in [0.3, 0.4) is 0 Å². The van der Waals surface area contributed by atoms with Gasteiger partial charge in [0.1, 0.15) is 11.9 Å². The van der Waals surface area contributed by atoms with Crippen LogP contribution in [0.25, 0.3) is 0 Å². The Morgan fingerprint density at radius 2 is 2.04 bits per heavy atom. The number of benzene rings is 1. The van der Waals surface area contributed by atoms with Gasteiger partial charge in [-0.15, -0.1) is 0 Å². The zero-order valence-corrected chi connectivity index (χ0v) is 18.9.